The number of halogens is 1. The molecule has 1 N–H and O–H groups in total. The van der Waals surface area contributed by atoms with E-state index in [4.69, 9.17) is 21.1 Å². The molecule has 0 saturated heterocycles. The molecule has 2 aromatic rings. The second kappa shape index (κ2) is 6.75. The molecule has 0 radical (unpaired) electrons. The summed E-state index contributed by atoms with van der Waals surface area (Å²) in [6.07, 6.45) is 3.23. The van der Waals surface area contributed by atoms with E-state index >= 15 is 0 Å². The van der Waals surface area contributed by atoms with Crippen molar-refractivity contribution in [2.45, 2.75) is 13.5 Å². The summed E-state index contributed by atoms with van der Waals surface area (Å²) in [6.45, 7) is 2.61. The average molecular weight is 330 g/mol. The van der Waals surface area contributed by atoms with Gasteiger partial charge in [0.25, 0.3) is 0 Å². The van der Waals surface area contributed by atoms with E-state index in [1.54, 1.807) is 6.08 Å². The second-order valence-electron chi connectivity index (χ2n) is 5.25. The number of ether oxygens (including phenoxy) is 2. The van der Waals surface area contributed by atoms with Crippen LogP contribution in [-0.2, 0) is 11.3 Å². The van der Waals surface area contributed by atoms with Crippen LogP contribution < -0.4 is 14.8 Å². The van der Waals surface area contributed by atoms with Gasteiger partial charge in [0.05, 0.1) is 0 Å². The molecule has 0 unspecified atom stereocenters. The van der Waals surface area contributed by atoms with Crippen molar-refractivity contribution in [3.8, 4) is 11.5 Å². The third-order valence-corrected chi connectivity index (χ3v) is 3.93. The molecule has 23 heavy (non-hydrogen) atoms. The van der Waals surface area contributed by atoms with Gasteiger partial charge in [-0.3, -0.25) is 4.79 Å². The molecule has 0 spiro atoms. The van der Waals surface area contributed by atoms with Crippen LogP contribution in [-0.4, -0.2) is 12.7 Å². The highest BCUT2D eigenvalue weighted by molar-refractivity contribution is 6.31. The monoisotopic (exact) mass is 329 g/mol. The Labute approximate surface area is 139 Å². The quantitative estimate of drug-likeness (QED) is 0.870. The number of amides is 1. The van der Waals surface area contributed by atoms with Gasteiger partial charge in [-0.15, -0.1) is 0 Å². The molecule has 0 saturated carbocycles. The van der Waals surface area contributed by atoms with E-state index < -0.39 is 0 Å². The fourth-order valence-electron chi connectivity index (χ4n) is 2.18. The van der Waals surface area contributed by atoms with Gasteiger partial charge in [0, 0.05) is 17.6 Å². The molecule has 0 bridgehead atoms. The van der Waals surface area contributed by atoms with E-state index in [9.17, 15) is 4.79 Å². The van der Waals surface area contributed by atoms with Crippen LogP contribution >= 0.6 is 11.6 Å². The Kier molecular flexibility index (Phi) is 4.53. The zero-order valence-electron chi connectivity index (χ0n) is 12.6. The molecular formula is C18H16ClNO3. The van der Waals surface area contributed by atoms with Crippen molar-refractivity contribution in [2.75, 3.05) is 6.79 Å². The fraction of sp³-hybridized carbons (Fsp3) is 0.167. The Hall–Kier alpha value is -2.46. The van der Waals surface area contributed by atoms with Crippen LogP contribution in [0, 0.1) is 6.92 Å². The summed E-state index contributed by atoms with van der Waals surface area (Å²) in [5.74, 6) is 1.28. The SMILES string of the molecule is Cc1ccc(/C=C/C(=O)NCc2ccc3c(c2)OCO3)cc1Cl. The first-order chi connectivity index (χ1) is 11.1. The molecule has 0 atom stereocenters. The van der Waals surface area contributed by atoms with Crippen LogP contribution in [0.3, 0.4) is 0 Å². The van der Waals surface area contributed by atoms with Gasteiger partial charge >= 0.3 is 0 Å². The summed E-state index contributed by atoms with van der Waals surface area (Å²) in [7, 11) is 0. The maximum atomic E-state index is 11.9. The van der Waals surface area contributed by atoms with E-state index in [-0.39, 0.29) is 12.7 Å². The first-order valence-corrected chi connectivity index (χ1v) is 7.60. The number of aryl methyl sites for hydroxylation is 1. The first-order valence-electron chi connectivity index (χ1n) is 7.22. The van der Waals surface area contributed by atoms with Crippen LogP contribution in [0.25, 0.3) is 6.08 Å². The van der Waals surface area contributed by atoms with Gasteiger partial charge < -0.3 is 14.8 Å². The Balaban J connectivity index is 1.57. The summed E-state index contributed by atoms with van der Waals surface area (Å²) < 4.78 is 10.6. The molecule has 1 heterocycles. The number of benzene rings is 2. The minimum Gasteiger partial charge on any atom is -0.454 e. The highest BCUT2D eigenvalue weighted by Crippen LogP contribution is 2.32. The lowest BCUT2D eigenvalue weighted by atomic mass is 10.1. The zero-order valence-corrected chi connectivity index (χ0v) is 13.4. The molecule has 118 valence electrons. The molecule has 4 nitrogen and oxygen atoms in total. The smallest absolute Gasteiger partial charge is 0.244 e. The fourth-order valence-corrected chi connectivity index (χ4v) is 2.37. The minimum atomic E-state index is -0.167. The summed E-state index contributed by atoms with van der Waals surface area (Å²) in [4.78, 5) is 11.9. The minimum absolute atomic E-state index is 0.167. The molecule has 0 fully saturated rings. The number of hydrogen-bond donors (Lipinski definition) is 1. The third kappa shape index (κ3) is 3.85. The van der Waals surface area contributed by atoms with E-state index in [1.807, 2.05) is 43.3 Å². The molecule has 3 rings (SSSR count). The average Bonchev–Trinajstić information content (AvgIpc) is 3.01. The molecule has 0 aromatic heterocycles. The summed E-state index contributed by atoms with van der Waals surface area (Å²) in [5, 5.41) is 3.52. The number of carbonyl (C=O) groups is 1. The summed E-state index contributed by atoms with van der Waals surface area (Å²) >= 11 is 6.06. The van der Waals surface area contributed by atoms with Crippen LogP contribution in [0.1, 0.15) is 16.7 Å². The lowest BCUT2D eigenvalue weighted by Gasteiger charge is -2.04. The lowest BCUT2D eigenvalue weighted by molar-refractivity contribution is -0.116. The van der Waals surface area contributed by atoms with E-state index in [0.29, 0.717) is 17.3 Å². The van der Waals surface area contributed by atoms with E-state index in [1.165, 1.54) is 6.08 Å². The number of rotatable bonds is 4. The summed E-state index contributed by atoms with van der Waals surface area (Å²) in [6, 6.07) is 11.3. The number of hydrogen-bond acceptors (Lipinski definition) is 3. The maximum absolute atomic E-state index is 11.9. The van der Waals surface area contributed by atoms with Crippen molar-refractivity contribution in [3.05, 3.63) is 64.2 Å². The van der Waals surface area contributed by atoms with Gasteiger partial charge in [-0.2, -0.15) is 0 Å². The van der Waals surface area contributed by atoms with Gasteiger partial charge in [-0.25, -0.2) is 0 Å². The first kappa shape index (κ1) is 15.4. The van der Waals surface area contributed by atoms with Crippen molar-refractivity contribution < 1.29 is 14.3 Å². The van der Waals surface area contributed by atoms with Crippen LogP contribution in [0.5, 0.6) is 11.5 Å². The highest BCUT2D eigenvalue weighted by Gasteiger charge is 2.13. The molecule has 1 aliphatic rings. The van der Waals surface area contributed by atoms with E-state index in [0.717, 1.165) is 22.4 Å². The standard InChI is InChI=1S/C18H16ClNO3/c1-12-2-3-13(8-15(12)19)5-7-18(21)20-10-14-4-6-16-17(9-14)23-11-22-16/h2-9H,10-11H2,1H3,(H,20,21)/b7-5+. The number of carbonyl (C=O) groups excluding carboxylic acids is 1. The number of fused-ring (bicyclic) bond motifs is 1. The largest absolute Gasteiger partial charge is 0.454 e. The van der Waals surface area contributed by atoms with Crippen molar-refractivity contribution >= 4 is 23.6 Å². The molecule has 1 amide bonds. The van der Waals surface area contributed by atoms with Gasteiger partial charge in [0.1, 0.15) is 0 Å². The predicted molar refractivity (Wildman–Crippen MR) is 89.6 cm³/mol. The predicted octanol–water partition coefficient (Wildman–Crippen LogP) is 3.71. The molecular weight excluding hydrogens is 314 g/mol. The second-order valence-corrected chi connectivity index (χ2v) is 5.65. The Morgan fingerprint density at radius 1 is 1.22 bits per heavy atom. The Morgan fingerprint density at radius 3 is 2.87 bits per heavy atom. The summed E-state index contributed by atoms with van der Waals surface area (Å²) in [5.41, 5.74) is 2.85. The van der Waals surface area contributed by atoms with Gasteiger partial charge in [-0.05, 0) is 47.9 Å². The lowest BCUT2D eigenvalue weighted by Crippen LogP contribution is -2.20. The van der Waals surface area contributed by atoms with Crippen molar-refractivity contribution in [3.63, 3.8) is 0 Å². The third-order valence-electron chi connectivity index (χ3n) is 3.53. The van der Waals surface area contributed by atoms with Crippen molar-refractivity contribution in [1.29, 1.82) is 0 Å². The molecule has 0 aliphatic carbocycles. The van der Waals surface area contributed by atoms with E-state index in [2.05, 4.69) is 5.32 Å². The van der Waals surface area contributed by atoms with Gasteiger partial charge in [0.15, 0.2) is 11.5 Å². The number of nitrogens with one attached hydrogen (secondary N) is 1. The molecule has 2 aromatic carbocycles. The Morgan fingerprint density at radius 2 is 2.04 bits per heavy atom. The molecule has 1 aliphatic heterocycles. The van der Waals surface area contributed by atoms with Gasteiger partial charge in [0.2, 0.25) is 12.7 Å². The van der Waals surface area contributed by atoms with Crippen LogP contribution in [0.4, 0.5) is 0 Å². The van der Waals surface area contributed by atoms with Crippen molar-refractivity contribution in [1.82, 2.24) is 5.32 Å². The van der Waals surface area contributed by atoms with Crippen LogP contribution in [0.15, 0.2) is 42.5 Å². The zero-order chi connectivity index (χ0) is 16.2. The van der Waals surface area contributed by atoms with Crippen molar-refractivity contribution in [2.24, 2.45) is 0 Å². The van der Waals surface area contributed by atoms with Crippen LogP contribution in [0.2, 0.25) is 5.02 Å². The normalized spacial score (nSPS) is 12.6. The molecule has 5 heteroatoms. The topological polar surface area (TPSA) is 47.6 Å². The maximum Gasteiger partial charge on any atom is 0.244 e. The highest BCUT2D eigenvalue weighted by atomic mass is 35.5. The van der Waals surface area contributed by atoms with Gasteiger partial charge in [-0.1, -0.05) is 29.8 Å². The Bertz CT molecular complexity index is 771.